The minimum atomic E-state index is -0.131. The van der Waals surface area contributed by atoms with Crippen LogP contribution in [0.5, 0.6) is 5.75 Å². The molecule has 0 fully saturated rings. The molecule has 0 aliphatic rings. The average molecular weight is 439 g/mol. The van der Waals surface area contributed by atoms with Crippen molar-refractivity contribution in [3.8, 4) is 17.0 Å². The number of benzene rings is 3. The van der Waals surface area contributed by atoms with Crippen molar-refractivity contribution >= 4 is 17.4 Å². The second-order valence-corrected chi connectivity index (χ2v) is 7.84. The Balaban J connectivity index is 1.48. The lowest BCUT2D eigenvalue weighted by Gasteiger charge is -2.16. The quantitative estimate of drug-likeness (QED) is 0.376. The third kappa shape index (κ3) is 5.54. The summed E-state index contributed by atoms with van der Waals surface area (Å²) in [5, 5.41) is 6.38. The van der Waals surface area contributed by atoms with E-state index in [9.17, 15) is 4.79 Å². The van der Waals surface area contributed by atoms with Crippen LogP contribution in [0.25, 0.3) is 11.3 Å². The van der Waals surface area contributed by atoms with E-state index in [4.69, 9.17) is 9.72 Å². The predicted octanol–water partition coefficient (Wildman–Crippen LogP) is 5.89. The van der Waals surface area contributed by atoms with E-state index in [1.807, 2.05) is 86.6 Å². The largest absolute Gasteiger partial charge is 0.497 e. The number of anilines is 2. The molecule has 33 heavy (non-hydrogen) atoms. The number of carbonyl (C=O) groups is 1. The van der Waals surface area contributed by atoms with Crippen molar-refractivity contribution < 1.29 is 9.53 Å². The van der Waals surface area contributed by atoms with Gasteiger partial charge in [0.2, 0.25) is 0 Å². The summed E-state index contributed by atoms with van der Waals surface area (Å²) in [6.45, 7) is 4.01. The van der Waals surface area contributed by atoms with Gasteiger partial charge in [0.1, 0.15) is 11.6 Å². The number of methoxy groups -OCH3 is 1. The van der Waals surface area contributed by atoms with Crippen molar-refractivity contribution in [1.82, 2.24) is 9.97 Å². The lowest BCUT2D eigenvalue weighted by molar-refractivity contribution is 0.102. The van der Waals surface area contributed by atoms with Crippen molar-refractivity contribution in [2.24, 2.45) is 0 Å². The van der Waals surface area contributed by atoms with Crippen LogP contribution in [0.15, 0.2) is 85.2 Å². The van der Waals surface area contributed by atoms with Gasteiger partial charge in [0.15, 0.2) is 0 Å². The molecule has 0 saturated carbocycles. The molecule has 2 N–H and O–H groups in total. The molecular weight excluding hydrogens is 412 g/mol. The minimum Gasteiger partial charge on any atom is -0.497 e. The zero-order valence-electron chi connectivity index (χ0n) is 18.9. The van der Waals surface area contributed by atoms with Gasteiger partial charge in [-0.15, -0.1) is 0 Å². The summed E-state index contributed by atoms with van der Waals surface area (Å²) in [7, 11) is 1.64. The third-order valence-corrected chi connectivity index (χ3v) is 5.29. The number of aryl methyl sites for hydroxylation is 1. The van der Waals surface area contributed by atoms with Gasteiger partial charge in [0.25, 0.3) is 5.91 Å². The highest BCUT2D eigenvalue weighted by Gasteiger charge is 2.11. The van der Waals surface area contributed by atoms with Crippen molar-refractivity contribution in [1.29, 1.82) is 0 Å². The van der Waals surface area contributed by atoms with Gasteiger partial charge in [-0.25, -0.2) is 4.98 Å². The van der Waals surface area contributed by atoms with E-state index in [0.29, 0.717) is 11.4 Å². The maximum atomic E-state index is 12.6. The highest BCUT2D eigenvalue weighted by molar-refractivity contribution is 6.04. The summed E-state index contributed by atoms with van der Waals surface area (Å²) in [4.78, 5) is 21.6. The maximum Gasteiger partial charge on any atom is 0.255 e. The number of carbonyl (C=O) groups excluding carboxylic acids is 1. The van der Waals surface area contributed by atoms with Crippen LogP contribution >= 0.6 is 0 Å². The predicted molar refractivity (Wildman–Crippen MR) is 132 cm³/mol. The molecule has 4 aromatic rings. The Hall–Kier alpha value is -4.19. The van der Waals surface area contributed by atoms with Crippen LogP contribution in [0.3, 0.4) is 0 Å². The minimum absolute atomic E-state index is 0.0457. The van der Waals surface area contributed by atoms with E-state index in [2.05, 4.69) is 15.6 Å². The Bertz CT molecular complexity index is 1270. The summed E-state index contributed by atoms with van der Waals surface area (Å²) in [6, 6.07) is 23.0. The summed E-state index contributed by atoms with van der Waals surface area (Å²) in [5.41, 5.74) is 5.13. The Kier molecular flexibility index (Phi) is 6.64. The zero-order valence-corrected chi connectivity index (χ0v) is 18.9. The van der Waals surface area contributed by atoms with Crippen LogP contribution in [0.2, 0.25) is 0 Å². The number of hydrogen-bond donors (Lipinski definition) is 2. The molecular formula is C27H26N4O2. The van der Waals surface area contributed by atoms with Gasteiger partial charge < -0.3 is 15.4 Å². The summed E-state index contributed by atoms with van der Waals surface area (Å²) in [5.74, 6) is 1.30. The fourth-order valence-electron chi connectivity index (χ4n) is 3.54. The zero-order chi connectivity index (χ0) is 23.2. The fourth-order valence-corrected chi connectivity index (χ4v) is 3.54. The number of rotatable bonds is 7. The lowest BCUT2D eigenvalue weighted by atomic mass is 10.1. The van der Waals surface area contributed by atoms with Crippen molar-refractivity contribution in [2.45, 2.75) is 19.9 Å². The molecule has 0 aliphatic carbocycles. The van der Waals surface area contributed by atoms with Crippen molar-refractivity contribution in [3.05, 3.63) is 102 Å². The van der Waals surface area contributed by atoms with Crippen LogP contribution in [0.4, 0.5) is 11.5 Å². The van der Waals surface area contributed by atoms with Gasteiger partial charge in [-0.05, 0) is 55.8 Å². The number of aromatic nitrogens is 2. The molecule has 0 radical (unpaired) electrons. The summed E-state index contributed by atoms with van der Waals surface area (Å²) < 4.78 is 5.31. The molecule has 3 aromatic carbocycles. The average Bonchev–Trinajstić information content (AvgIpc) is 2.84. The third-order valence-electron chi connectivity index (χ3n) is 5.29. The van der Waals surface area contributed by atoms with Gasteiger partial charge in [-0.1, -0.05) is 42.0 Å². The molecule has 1 amide bonds. The molecule has 0 spiro atoms. The number of nitrogens with zero attached hydrogens (tertiary/aromatic N) is 2. The van der Waals surface area contributed by atoms with Crippen LogP contribution in [-0.2, 0) is 0 Å². The van der Waals surface area contributed by atoms with E-state index in [1.54, 1.807) is 19.5 Å². The standard InChI is InChI=1S/C27H26N4O2/c1-18-7-4-10-22(13-18)27(32)30-23-11-5-8-20(14-23)19(2)29-26-17-28-16-25(31-26)21-9-6-12-24(15-21)33-3/h4-17,19H,1-3H3,(H,29,31)(H,30,32)/t19-/m0/s1. The van der Waals surface area contributed by atoms with Gasteiger partial charge in [0, 0.05) is 16.8 Å². The fraction of sp³-hybridized carbons (Fsp3) is 0.148. The first-order valence-corrected chi connectivity index (χ1v) is 10.7. The second kappa shape index (κ2) is 9.96. The van der Waals surface area contributed by atoms with Gasteiger partial charge in [-0.3, -0.25) is 9.78 Å². The molecule has 6 nitrogen and oxygen atoms in total. The van der Waals surface area contributed by atoms with Crippen LogP contribution in [0.1, 0.15) is 34.5 Å². The molecule has 0 saturated heterocycles. The maximum absolute atomic E-state index is 12.6. The highest BCUT2D eigenvalue weighted by atomic mass is 16.5. The Morgan fingerprint density at radius 3 is 2.61 bits per heavy atom. The smallest absolute Gasteiger partial charge is 0.255 e. The van der Waals surface area contributed by atoms with Crippen molar-refractivity contribution in [3.63, 3.8) is 0 Å². The lowest BCUT2D eigenvalue weighted by Crippen LogP contribution is -2.13. The Morgan fingerprint density at radius 1 is 0.970 bits per heavy atom. The number of hydrogen-bond acceptors (Lipinski definition) is 5. The summed E-state index contributed by atoms with van der Waals surface area (Å²) in [6.07, 6.45) is 3.43. The first-order chi connectivity index (χ1) is 16.0. The number of nitrogens with one attached hydrogen (secondary N) is 2. The second-order valence-electron chi connectivity index (χ2n) is 7.84. The number of amides is 1. The molecule has 1 atom stereocenters. The van der Waals surface area contributed by atoms with E-state index in [1.165, 1.54) is 0 Å². The topological polar surface area (TPSA) is 76.1 Å². The van der Waals surface area contributed by atoms with Gasteiger partial charge >= 0.3 is 0 Å². The molecule has 4 rings (SSSR count). The van der Waals surface area contributed by atoms with Crippen LogP contribution in [-0.4, -0.2) is 23.0 Å². The van der Waals surface area contributed by atoms with E-state index in [-0.39, 0.29) is 11.9 Å². The van der Waals surface area contributed by atoms with E-state index < -0.39 is 0 Å². The normalized spacial score (nSPS) is 11.5. The molecule has 1 aromatic heterocycles. The van der Waals surface area contributed by atoms with E-state index in [0.717, 1.165) is 33.8 Å². The van der Waals surface area contributed by atoms with Gasteiger partial charge in [0.05, 0.1) is 31.2 Å². The molecule has 1 heterocycles. The van der Waals surface area contributed by atoms with Crippen LogP contribution in [0, 0.1) is 6.92 Å². The van der Waals surface area contributed by atoms with E-state index >= 15 is 0 Å². The molecule has 0 unspecified atom stereocenters. The molecule has 0 bridgehead atoms. The summed E-state index contributed by atoms with van der Waals surface area (Å²) >= 11 is 0. The van der Waals surface area contributed by atoms with Crippen LogP contribution < -0.4 is 15.4 Å². The first-order valence-electron chi connectivity index (χ1n) is 10.7. The Morgan fingerprint density at radius 2 is 1.79 bits per heavy atom. The molecule has 0 aliphatic heterocycles. The highest BCUT2D eigenvalue weighted by Crippen LogP contribution is 2.25. The number of ether oxygens (including phenoxy) is 1. The van der Waals surface area contributed by atoms with Crippen molar-refractivity contribution in [2.75, 3.05) is 17.7 Å². The molecule has 6 heteroatoms. The monoisotopic (exact) mass is 438 g/mol. The Labute approximate surface area is 193 Å². The first kappa shape index (κ1) is 22.0. The SMILES string of the molecule is COc1cccc(-c2cncc(N[C@@H](C)c3cccc(NC(=O)c4cccc(C)c4)c3)n2)c1. The molecule has 166 valence electrons. The van der Waals surface area contributed by atoms with Gasteiger partial charge in [-0.2, -0.15) is 0 Å².